The van der Waals surface area contributed by atoms with Crippen molar-refractivity contribution >= 4 is 66.7 Å². The number of thiophene rings is 2. The maximum atomic E-state index is 14.3. The number of ether oxygens (including phenoxy) is 8. The number of methoxy groups -OCH3 is 2. The maximum absolute atomic E-state index is 14.3. The molecule has 62 heavy (non-hydrogen) atoms. The molecule has 2 amide bonds. The van der Waals surface area contributed by atoms with Gasteiger partial charge in [-0.2, -0.15) is 0 Å². The van der Waals surface area contributed by atoms with Gasteiger partial charge in [-0.05, 0) is 41.8 Å². The molecule has 2 N–H and O–H groups in total. The molecule has 0 radical (unpaired) electrons. The molecule has 5 aromatic rings. The van der Waals surface area contributed by atoms with Crippen LogP contribution < -0.4 is 31.6 Å². The van der Waals surface area contributed by atoms with Crippen LogP contribution in [0.4, 0.5) is 11.6 Å². The normalized spacial score (nSPS) is 15.4. The minimum Gasteiger partial charge on any atom is -0.382 e. The van der Waals surface area contributed by atoms with Crippen molar-refractivity contribution in [2.24, 2.45) is 0 Å². The van der Waals surface area contributed by atoms with E-state index in [1.54, 1.807) is 61.2 Å². The highest BCUT2D eigenvalue weighted by atomic mass is 32.1. The van der Waals surface area contributed by atoms with Gasteiger partial charge in [-0.15, -0.1) is 22.7 Å². The predicted molar refractivity (Wildman–Crippen MR) is 232 cm³/mol. The lowest BCUT2D eigenvalue weighted by molar-refractivity contribution is -0.114. The molecule has 5 aromatic heterocycles. The second-order valence-corrected chi connectivity index (χ2v) is 15.7. The van der Waals surface area contributed by atoms with Gasteiger partial charge in [-0.3, -0.25) is 29.0 Å². The first kappa shape index (κ1) is 45.0. The fraction of sp³-hybridized carbons (Fsp3) is 0.429. The van der Waals surface area contributed by atoms with Gasteiger partial charge in [0.15, 0.2) is 0 Å². The molecule has 0 aliphatic carbocycles. The van der Waals surface area contributed by atoms with Crippen LogP contribution >= 0.6 is 22.7 Å². The third-order valence-corrected chi connectivity index (χ3v) is 11.8. The second-order valence-electron chi connectivity index (χ2n) is 13.7. The van der Waals surface area contributed by atoms with E-state index in [1.807, 2.05) is 11.4 Å². The summed E-state index contributed by atoms with van der Waals surface area (Å²) in [6.45, 7) is 5.43. The zero-order chi connectivity index (χ0) is 43.3. The molecule has 7 heterocycles. The van der Waals surface area contributed by atoms with Gasteiger partial charge in [0, 0.05) is 40.9 Å². The van der Waals surface area contributed by atoms with Gasteiger partial charge < -0.3 is 47.9 Å². The number of aromatic amines is 2. The Morgan fingerprint density at radius 1 is 0.581 bits per heavy atom. The molecule has 0 fully saturated rings. The van der Waals surface area contributed by atoms with Crippen molar-refractivity contribution in [1.29, 1.82) is 0 Å². The SMILES string of the molecule is COCCOCCOCCOCCN1C(=O)/C(=c2\[nH]c(=O)/c(=C3/C(=O)N(CCOCCOCCOCCOC)c4nc(-c5cc6sccc6s5)ccc43)[nH]c2=O)c2cccnc21. The van der Waals surface area contributed by atoms with Crippen LogP contribution in [0.3, 0.4) is 0 Å². The number of H-pyrrole nitrogens is 2. The van der Waals surface area contributed by atoms with Crippen LogP contribution in [0, 0.1) is 0 Å². The number of nitrogens with one attached hydrogen (secondary N) is 2. The number of pyridine rings is 2. The van der Waals surface area contributed by atoms with Crippen molar-refractivity contribution in [2.45, 2.75) is 0 Å². The fourth-order valence-corrected chi connectivity index (χ4v) is 8.85. The summed E-state index contributed by atoms with van der Waals surface area (Å²) in [5.41, 5.74) is -0.197. The van der Waals surface area contributed by atoms with Gasteiger partial charge in [-0.1, -0.05) is 0 Å². The number of anilines is 2. The second kappa shape index (κ2) is 22.4. The quantitative estimate of drug-likeness (QED) is 0.0793. The first-order valence-electron chi connectivity index (χ1n) is 20.0. The lowest BCUT2D eigenvalue weighted by Crippen LogP contribution is -2.50. The molecule has 7 rings (SSSR count). The third-order valence-electron chi connectivity index (χ3n) is 9.72. The van der Waals surface area contributed by atoms with E-state index < -0.39 is 22.9 Å². The van der Waals surface area contributed by atoms with Crippen LogP contribution in [0.15, 0.2) is 57.6 Å². The number of carbonyl (C=O) groups is 2. The summed E-state index contributed by atoms with van der Waals surface area (Å²) in [6.07, 6.45) is 1.54. The maximum Gasteiger partial charge on any atom is 0.273 e. The molecular weight excluding hydrogens is 845 g/mol. The smallest absolute Gasteiger partial charge is 0.273 e. The molecule has 0 bridgehead atoms. The number of amides is 2. The van der Waals surface area contributed by atoms with Crippen LogP contribution in [0.25, 0.3) is 31.1 Å². The number of fused-ring (bicyclic) bond motifs is 3. The van der Waals surface area contributed by atoms with Crippen molar-refractivity contribution in [3.63, 3.8) is 0 Å². The van der Waals surface area contributed by atoms with Gasteiger partial charge in [0.25, 0.3) is 22.9 Å². The number of carbonyl (C=O) groups excluding carboxylic acids is 2. The first-order valence-corrected chi connectivity index (χ1v) is 21.7. The van der Waals surface area contributed by atoms with Gasteiger partial charge >= 0.3 is 0 Å². The zero-order valence-corrected chi connectivity index (χ0v) is 36.1. The molecule has 0 atom stereocenters. The molecule has 2 aliphatic rings. The van der Waals surface area contributed by atoms with Crippen molar-refractivity contribution in [2.75, 3.05) is 130 Å². The minimum absolute atomic E-state index is 0.0264. The molecule has 18 nitrogen and oxygen atoms in total. The highest BCUT2D eigenvalue weighted by molar-refractivity contribution is 7.28. The molecule has 20 heteroatoms. The molecule has 2 aliphatic heterocycles. The Hall–Kier alpha value is -5.00. The topological polar surface area (TPSA) is 206 Å². The summed E-state index contributed by atoms with van der Waals surface area (Å²) in [7, 11) is 3.22. The molecule has 0 unspecified atom stereocenters. The molecule has 0 saturated heterocycles. The summed E-state index contributed by atoms with van der Waals surface area (Å²) < 4.78 is 45.5. The standard InChI is InChI=1S/C42H48N6O12S2/c1-53-13-15-57-21-23-59-19-17-55-11-9-47-37-27(4-3-8-43-37)33(41(47)51)35-39(49)46-36(40(50)45-35)34-28-5-6-29(31-26-32-30(62-31)7-25-61-32)44-38(28)48(42(34)52)10-12-56-18-20-60-24-22-58-16-14-54-2/h3-8,25-26H,9-24H2,1-2H3,(H,45,50)(H,46,49)/b35-33-,36-34-. The summed E-state index contributed by atoms with van der Waals surface area (Å²) in [5.74, 6) is -0.422. The molecule has 0 spiro atoms. The Kier molecular flexibility index (Phi) is 16.3. The fourth-order valence-electron chi connectivity index (χ4n) is 6.77. The van der Waals surface area contributed by atoms with E-state index in [0.717, 1.165) is 14.3 Å². The van der Waals surface area contributed by atoms with Crippen LogP contribution in [0.2, 0.25) is 0 Å². The molecule has 0 saturated carbocycles. The molecule has 0 aromatic carbocycles. The number of hydrogen-bond donors (Lipinski definition) is 2. The average Bonchev–Trinajstić information content (AvgIpc) is 4.03. The van der Waals surface area contributed by atoms with E-state index in [9.17, 15) is 19.2 Å². The van der Waals surface area contributed by atoms with Gasteiger partial charge in [0.1, 0.15) is 22.3 Å². The molecule has 330 valence electrons. The van der Waals surface area contributed by atoms with Crippen LogP contribution in [0.5, 0.6) is 0 Å². The van der Waals surface area contributed by atoms with Crippen LogP contribution in [-0.2, 0) is 47.5 Å². The van der Waals surface area contributed by atoms with Gasteiger partial charge in [0.2, 0.25) is 0 Å². The lowest BCUT2D eigenvalue weighted by Gasteiger charge is -2.16. The Bertz CT molecular complexity index is 2540. The van der Waals surface area contributed by atoms with E-state index in [4.69, 9.17) is 42.9 Å². The largest absolute Gasteiger partial charge is 0.382 e. The number of nitrogens with zero attached hydrogens (tertiary/aromatic N) is 4. The van der Waals surface area contributed by atoms with Crippen LogP contribution in [-0.4, -0.2) is 152 Å². The Morgan fingerprint density at radius 3 is 1.61 bits per heavy atom. The zero-order valence-electron chi connectivity index (χ0n) is 34.4. The third kappa shape index (κ3) is 10.6. The Balaban J connectivity index is 1.10. The highest BCUT2D eigenvalue weighted by Gasteiger charge is 2.37. The Morgan fingerprint density at radius 2 is 1.08 bits per heavy atom. The molecular formula is C42H48N6O12S2. The highest BCUT2D eigenvalue weighted by Crippen LogP contribution is 2.39. The van der Waals surface area contributed by atoms with E-state index in [1.165, 1.54) is 16.0 Å². The number of rotatable bonds is 25. The Labute approximate surface area is 363 Å². The summed E-state index contributed by atoms with van der Waals surface area (Å²) in [6, 6.07) is 10.9. The van der Waals surface area contributed by atoms with Crippen molar-refractivity contribution in [3.05, 3.63) is 90.5 Å². The van der Waals surface area contributed by atoms with E-state index in [-0.39, 0.29) is 61.4 Å². The monoisotopic (exact) mass is 892 g/mol. The average molecular weight is 893 g/mol. The van der Waals surface area contributed by atoms with Gasteiger partial charge in [0.05, 0.1) is 127 Å². The van der Waals surface area contributed by atoms with E-state index >= 15 is 0 Å². The minimum atomic E-state index is -0.769. The lowest BCUT2D eigenvalue weighted by atomic mass is 10.1. The summed E-state index contributed by atoms with van der Waals surface area (Å²) >= 11 is 3.22. The van der Waals surface area contributed by atoms with Gasteiger partial charge in [-0.25, -0.2) is 9.97 Å². The predicted octanol–water partition coefficient (Wildman–Crippen LogP) is 1.28. The number of aromatic nitrogens is 4. The van der Waals surface area contributed by atoms with Crippen molar-refractivity contribution < 1.29 is 47.5 Å². The van der Waals surface area contributed by atoms with Crippen LogP contribution in [0.1, 0.15) is 11.1 Å². The van der Waals surface area contributed by atoms with E-state index in [2.05, 4.69) is 21.0 Å². The summed E-state index contributed by atoms with van der Waals surface area (Å²) in [4.78, 5) is 74.6. The summed E-state index contributed by atoms with van der Waals surface area (Å²) in [5, 5.41) is 1.52. The van der Waals surface area contributed by atoms with E-state index in [0.29, 0.717) is 94.5 Å². The van der Waals surface area contributed by atoms with Crippen molar-refractivity contribution in [1.82, 2.24) is 19.9 Å². The first-order chi connectivity index (χ1) is 30.4. The van der Waals surface area contributed by atoms with Crippen molar-refractivity contribution in [3.8, 4) is 10.6 Å². The number of hydrogen-bond acceptors (Lipinski definition) is 16.